The summed E-state index contributed by atoms with van der Waals surface area (Å²) in [6, 6.07) is 5.43. The van der Waals surface area contributed by atoms with E-state index < -0.39 is 0 Å². The van der Waals surface area contributed by atoms with Crippen molar-refractivity contribution < 1.29 is 4.79 Å². The highest BCUT2D eigenvalue weighted by Gasteiger charge is 2.40. The molecule has 3 aliphatic heterocycles. The van der Waals surface area contributed by atoms with E-state index >= 15 is 0 Å². The average molecular weight is 299 g/mol. The van der Waals surface area contributed by atoms with Crippen LogP contribution in [0.1, 0.15) is 56.4 Å². The highest BCUT2D eigenvalue weighted by atomic mass is 16.1. The Bertz CT molecular complexity index is 527. The summed E-state index contributed by atoms with van der Waals surface area (Å²) in [6.07, 6.45) is 11.6. The number of carbonyl (C=O) groups excluding carboxylic acids is 1. The minimum Gasteiger partial charge on any atom is -0.357 e. The van der Waals surface area contributed by atoms with Crippen molar-refractivity contribution in [2.45, 2.75) is 62.9 Å². The molecule has 4 heteroatoms. The van der Waals surface area contributed by atoms with Crippen molar-refractivity contribution in [2.75, 3.05) is 18.0 Å². The molecule has 0 N–H and O–H groups in total. The summed E-state index contributed by atoms with van der Waals surface area (Å²) >= 11 is 0. The minimum atomic E-state index is 0.466. The summed E-state index contributed by atoms with van der Waals surface area (Å²) in [5.74, 6) is 1.75. The van der Waals surface area contributed by atoms with Crippen LogP contribution >= 0.6 is 0 Å². The predicted molar refractivity (Wildman–Crippen MR) is 87.0 cm³/mol. The molecule has 3 fully saturated rings. The zero-order valence-corrected chi connectivity index (χ0v) is 13.2. The molecule has 0 aliphatic carbocycles. The van der Waals surface area contributed by atoms with E-state index in [1.165, 1.54) is 37.7 Å². The van der Waals surface area contributed by atoms with E-state index in [1.54, 1.807) is 0 Å². The quantitative estimate of drug-likeness (QED) is 0.805. The van der Waals surface area contributed by atoms with Crippen molar-refractivity contribution in [1.29, 1.82) is 0 Å². The van der Waals surface area contributed by atoms with Gasteiger partial charge in [0.05, 0.1) is 0 Å². The number of fused-ring (bicyclic) bond motifs is 2. The summed E-state index contributed by atoms with van der Waals surface area (Å²) in [5.41, 5.74) is 1.43. The number of pyridine rings is 1. The third kappa shape index (κ3) is 2.49. The van der Waals surface area contributed by atoms with Crippen LogP contribution in [0.4, 0.5) is 5.82 Å². The first-order valence-corrected chi connectivity index (χ1v) is 8.79. The Hall–Kier alpha value is -1.58. The van der Waals surface area contributed by atoms with Crippen LogP contribution < -0.4 is 4.90 Å². The SMILES string of the molecule is O=CN1C2CCC1CC(c1ccnc(N3CCCCC3)c1)C2. The Morgan fingerprint density at radius 1 is 1.09 bits per heavy atom. The molecule has 4 heterocycles. The third-order valence-electron chi connectivity index (χ3n) is 5.83. The van der Waals surface area contributed by atoms with E-state index in [4.69, 9.17) is 0 Å². The predicted octanol–water partition coefficient (Wildman–Crippen LogP) is 2.94. The molecule has 0 saturated carbocycles. The van der Waals surface area contributed by atoms with E-state index in [-0.39, 0.29) is 0 Å². The van der Waals surface area contributed by atoms with E-state index in [1.807, 2.05) is 6.20 Å². The van der Waals surface area contributed by atoms with Crippen molar-refractivity contribution in [3.63, 3.8) is 0 Å². The Kier molecular flexibility index (Phi) is 3.77. The van der Waals surface area contributed by atoms with Crippen molar-refractivity contribution >= 4 is 12.2 Å². The molecule has 1 amide bonds. The minimum absolute atomic E-state index is 0.466. The van der Waals surface area contributed by atoms with Crippen LogP contribution in [-0.2, 0) is 4.79 Å². The topological polar surface area (TPSA) is 36.4 Å². The summed E-state index contributed by atoms with van der Waals surface area (Å²) < 4.78 is 0. The van der Waals surface area contributed by atoms with Crippen molar-refractivity contribution in [2.24, 2.45) is 0 Å². The molecule has 1 aromatic heterocycles. The molecular weight excluding hydrogens is 274 g/mol. The maximum Gasteiger partial charge on any atom is 0.210 e. The standard InChI is InChI=1S/C18H25N3O/c22-13-21-16-4-5-17(21)11-15(10-16)14-6-7-19-18(12-14)20-8-2-1-3-9-20/h6-7,12-13,15-17H,1-5,8-11H2. The maximum atomic E-state index is 11.2. The van der Waals surface area contributed by atoms with Gasteiger partial charge in [0.2, 0.25) is 6.41 Å². The van der Waals surface area contributed by atoms with Gasteiger partial charge in [-0.3, -0.25) is 4.79 Å². The van der Waals surface area contributed by atoms with Crippen LogP contribution in [0, 0.1) is 0 Å². The van der Waals surface area contributed by atoms with Crippen molar-refractivity contribution in [3.05, 3.63) is 23.9 Å². The van der Waals surface area contributed by atoms with Crippen molar-refractivity contribution in [1.82, 2.24) is 9.88 Å². The molecule has 3 aliphatic rings. The maximum absolute atomic E-state index is 11.2. The average Bonchev–Trinajstić information content (AvgIpc) is 2.84. The zero-order valence-electron chi connectivity index (χ0n) is 13.2. The first kappa shape index (κ1) is 14.0. The number of nitrogens with zero attached hydrogens (tertiary/aromatic N) is 3. The van der Waals surface area contributed by atoms with E-state index in [9.17, 15) is 4.79 Å². The van der Waals surface area contributed by atoms with Gasteiger partial charge in [-0.1, -0.05) is 0 Å². The first-order chi connectivity index (χ1) is 10.8. The fraction of sp³-hybridized carbons (Fsp3) is 0.667. The zero-order chi connectivity index (χ0) is 14.9. The normalized spacial score (nSPS) is 31.4. The number of anilines is 1. The molecule has 0 aromatic carbocycles. The molecule has 118 valence electrons. The van der Waals surface area contributed by atoms with Gasteiger partial charge >= 0.3 is 0 Å². The fourth-order valence-corrected chi connectivity index (χ4v) is 4.64. The van der Waals surface area contributed by atoms with Gasteiger partial charge < -0.3 is 9.80 Å². The Labute approximate surface area is 132 Å². The molecule has 2 unspecified atom stereocenters. The molecule has 4 nitrogen and oxygen atoms in total. The summed E-state index contributed by atoms with van der Waals surface area (Å²) in [7, 11) is 0. The van der Waals surface area contributed by atoms with E-state index in [2.05, 4.69) is 26.9 Å². The molecule has 4 rings (SSSR count). The summed E-state index contributed by atoms with van der Waals surface area (Å²) in [4.78, 5) is 20.3. The highest BCUT2D eigenvalue weighted by Crippen LogP contribution is 2.42. The van der Waals surface area contributed by atoms with Crippen LogP contribution in [0.5, 0.6) is 0 Å². The lowest BCUT2D eigenvalue weighted by molar-refractivity contribution is -0.122. The van der Waals surface area contributed by atoms with Gasteiger partial charge in [0.1, 0.15) is 5.82 Å². The number of rotatable bonds is 3. The van der Waals surface area contributed by atoms with Gasteiger partial charge in [-0.15, -0.1) is 0 Å². The van der Waals surface area contributed by atoms with Gasteiger partial charge in [-0.25, -0.2) is 4.98 Å². The summed E-state index contributed by atoms with van der Waals surface area (Å²) in [6.45, 7) is 2.29. The van der Waals surface area contributed by atoms with Gasteiger partial charge in [0.25, 0.3) is 0 Å². The van der Waals surface area contributed by atoms with Gasteiger partial charge in [-0.05, 0) is 68.6 Å². The Morgan fingerprint density at radius 3 is 2.50 bits per heavy atom. The molecule has 2 atom stereocenters. The first-order valence-electron chi connectivity index (χ1n) is 8.79. The molecule has 2 bridgehead atoms. The molecular formula is C18H25N3O. The smallest absolute Gasteiger partial charge is 0.210 e. The molecule has 0 spiro atoms. The van der Waals surface area contributed by atoms with E-state index in [0.29, 0.717) is 18.0 Å². The Balaban J connectivity index is 1.52. The largest absolute Gasteiger partial charge is 0.357 e. The highest BCUT2D eigenvalue weighted by molar-refractivity contribution is 5.50. The lowest BCUT2D eigenvalue weighted by atomic mass is 9.85. The fourth-order valence-electron chi connectivity index (χ4n) is 4.64. The summed E-state index contributed by atoms with van der Waals surface area (Å²) in [5, 5.41) is 0. The van der Waals surface area contributed by atoms with Crippen LogP contribution in [-0.4, -0.2) is 41.5 Å². The van der Waals surface area contributed by atoms with Gasteiger partial charge in [-0.2, -0.15) is 0 Å². The second-order valence-electron chi connectivity index (χ2n) is 7.10. The molecule has 22 heavy (non-hydrogen) atoms. The van der Waals surface area contributed by atoms with Crippen LogP contribution in [0.15, 0.2) is 18.3 Å². The molecule has 1 aromatic rings. The second-order valence-corrected chi connectivity index (χ2v) is 7.10. The number of piperidine rings is 2. The number of hydrogen-bond donors (Lipinski definition) is 0. The number of carbonyl (C=O) groups is 1. The third-order valence-corrected chi connectivity index (χ3v) is 5.83. The lowest BCUT2D eigenvalue weighted by Gasteiger charge is -2.37. The number of hydrogen-bond acceptors (Lipinski definition) is 3. The number of aromatic nitrogens is 1. The van der Waals surface area contributed by atoms with Crippen LogP contribution in [0.3, 0.4) is 0 Å². The Morgan fingerprint density at radius 2 is 1.82 bits per heavy atom. The second kappa shape index (κ2) is 5.90. The van der Waals surface area contributed by atoms with E-state index in [0.717, 1.165) is 38.2 Å². The molecule has 0 radical (unpaired) electrons. The lowest BCUT2D eigenvalue weighted by Crippen LogP contribution is -2.41. The number of amides is 1. The van der Waals surface area contributed by atoms with Crippen molar-refractivity contribution in [3.8, 4) is 0 Å². The molecule has 3 saturated heterocycles. The van der Waals surface area contributed by atoms with Gasteiger partial charge in [0.15, 0.2) is 0 Å². The van der Waals surface area contributed by atoms with Crippen LogP contribution in [0.25, 0.3) is 0 Å². The monoisotopic (exact) mass is 299 g/mol. The van der Waals surface area contributed by atoms with Crippen LogP contribution in [0.2, 0.25) is 0 Å². The van der Waals surface area contributed by atoms with Gasteiger partial charge in [0, 0.05) is 31.4 Å².